The fourth-order valence-corrected chi connectivity index (χ4v) is 3.47. The zero-order valence-corrected chi connectivity index (χ0v) is 19.4. The number of carbonyl (C=O) groups excluding carboxylic acids is 2. The van der Waals surface area contributed by atoms with E-state index in [-0.39, 0.29) is 24.3 Å². The van der Waals surface area contributed by atoms with Crippen LogP contribution in [0.4, 0.5) is 33.7 Å². The molecule has 1 N–H and O–H groups in total. The maximum atomic E-state index is 15.0. The van der Waals surface area contributed by atoms with Crippen LogP contribution < -0.4 is 15.0 Å². The van der Waals surface area contributed by atoms with Crippen molar-refractivity contribution in [2.45, 2.75) is 51.1 Å². The fraction of sp³-hybridized carbons (Fsp3) is 0.417. The molecular weight excluding hydrogens is 472 g/mol. The van der Waals surface area contributed by atoms with Crippen LogP contribution in [-0.4, -0.2) is 43.6 Å². The van der Waals surface area contributed by atoms with Gasteiger partial charge in [0, 0.05) is 24.7 Å². The first kappa shape index (κ1) is 26.1. The number of benzene rings is 2. The summed E-state index contributed by atoms with van der Waals surface area (Å²) in [5, 5.41) is 2.16. The SMILES string of the molecule is COC(=O)CCC1CN(Cc2ccccc2)c2cc(NC(=O)OC(C)(C)C(F)(F)F)cc(F)c2O1. The fourth-order valence-electron chi connectivity index (χ4n) is 3.47. The average Bonchev–Trinajstić information content (AvgIpc) is 2.77. The van der Waals surface area contributed by atoms with Gasteiger partial charge in [0.25, 0.3) is 0 Å². The molecule has 1 aliphatic rings. The Morgan fingerprint density at radius 1 is 1.17 bits per heavy atom. The molecule has 1 aliphatic heterocycles. The lowest BCUT2D eigenvalue weighted by molar-refractivity contribution is -0.242. The number of hydrogen-bond donors (Lipinski definition) is 1. The number of rotatable bonds is 7. The van der Waals surface area contributed by atoms with Crippen LogP contribution >= 0.6 is 0 Å². The predicted molar refractivity (Wildman–Crippen MR) is 120 cm³/mol. The molecule has 0 aromatic heterocycles. The Labute approximate surface area is 199 Å². The van der Waals surface area contributed by atoms with E-state index in [1.807, 2.05) is 35.2 Å². The van der Waals surface area contributed by atoms with Gasteiger partial charge in [-0.3, -0.25) is 10.1 Å². The molecular formula is C24H26F4N2O5. The Bertz CT molecular complexity index is 1060. The number of esters is 1. The van der Waals surface area contributed by atoms with E-state index in [0.717, 1.165) is 11.6 Å². The molecule has 3 rings (SSSR count). The third kappa shape index (κ3) is 6.55. The standard InChI is InChI=1S/C24H26F4N2O5/c1-23(2,24(26,27)28)35-22(32)29-16-11-18(25)21-19(12-16)30(13-15-7-5-4-6-8-15)14-17(34-21)9-10-20(31)33-3/h4-8,11-12,17H,9-10,13-14H2,1-3H3,(H,29,32). The number of amides is 1. The monoisotopic (exact) mass is 498 g/mol. The lowest BCUT2D eigenvalue weighted by atomic mass is 10.1. The van der Waals surface area contributed by atoms with Gasteiger partial charge in [0.15, 0.2) is 11.6 Å². The third-order valence-electron chi connectivity index (χ3n) is 5.46. The number of alkyl halides is 3. The largest absolute Gasteiger partial charge is 0.483 e. The van der Waals surface area contributed by atoms with Crippen molar-refractivity contribution in [1.29, 1.82) is 0 Å². The Morgan fingerprint density at radius 2 is 1.86 bits per heavy atom. The predicted octanol–water partition coefficient (Wildman–Crippen LogP) is 5.44. The van der Waals surface area contributed by atoms with Crippen LogP contribution in [0.2, 0.25) is 0 Å². The molecule has 1 heterocycles. The number of fused-ring (bicyclic) bond motifs is 1. The first-order valence-electron chi connectivity index (χ1n) is 10.8. The van der Waals surface area contributed by atoms with E-state index >= 15 is 4.39 Å². The summed E-state index contributed by atoms with van der Waals surface area (Å²) in [5.41, 5.74) is -1.62. The highest BCUT2D eigenvalue weighted by molar-refractivity contribution is 5.86. The van der Waals surface area contributed by atoms with Crippen LogP contribution in [0.1, 0.15) is 32.3 Å². The number of ether oxygens (including phenoxy) is 3. The van der Waals surface area contributed by atoms with Gasteiger partial charge in [0.05, 0.1) is 19.3 Å². The summed E-state index contributed by atoms with van der Waals surface area (Å²) in [4.78, 5) is 25.5. The number of nitrogens with zero attached hydrogens (tertiary/aromatic N) is 1. The van der Waals surface area contributed by atoms with Gasteiger partial charge in [0.2, 0.25) is 5.60 Å². The van der Waals surface area contributed by atoms with E-state index in [9.17, 15) is 22.8 Å². The van der Waals surface area contributed by atoms with Crippen molar-refractivity contribution in [1.82, 2.24) is 0 Å². The van der Waals surface area contributed by atoms with Gasteiger partial charge < -0.3 is 19.1 Å². The molecule has 2 aromatic carbocycles. The second-order valence-electron chi connectivity index (χ2n) is 8.55. The number of anilines is 2. The van der Waals surface area contributed by atoms with E-state index in [1.165, 1.54) is 13.2 Å². The van der Waals surface area contributed by atoms with Crippen molar-refractivity contribution in [3.63, 3.8) is 0 Å². The highest BCUT2D eigenvalue weighted by atomic mass is 19.4. The smallest absolute Gasteiger partial charge is 0.427 e. The molecule has 0 spiro atoms. The molecule has 7 nitrogen and oxygen atoms in total. The summed E-state index contributed by atoms with van der Waals surface area (Å²) >= 11 is 0. The van der Waals surface area contributed by atoms with Gasteiger partial charge in [-0.2, -0.15) is 13.2 Å². The second kappa shape index (κ2) is 10.4. The molecule has 2 aromatic rings. The Kier molecular flexibility index (Phi) is 7.76. The zero-order valence-electron chi connectivity index (χ0n) is 19.4. The zero-order chi connectivity index (χ0) is 25.8. The van der Waals surface area contributed by atoms with E-state index in [1.54, 1.807) is 0 Å². The Morgan fingerprint density at radius 3 is 2.49 bits per heavy atom. The second-order valence-corrected chi connectivity index (χ2v) is 8.55. The highest BCUT2D eigenvalue weighted by Crippen LogP contribution is 2.40. The van der Waals surface area contributed by atoms with Crippen LogP contribution in [-0.2, 0) is 20.8 Å². The number of hydrogen-bond acceptors (Lipinski definition) is 6. The molecule has 1 unspecified atom stereocenters. The quantitative estimate of drug-likeness (QED) is 0.405. The van der Waals surface area contributed by atoms with Gasteiger partial charge in [-0.1, -0.05) is 30.3 Å². The van der Waals surface area contributed by atoms with Gasteiger partial charge in [-0.05, 0) is 31.9 Å². The van der Waals surface area contributed by atoms with Gasteiger partial charge in [0.1, 0.15) is 6.10 Å². The van der Waals surface area contributed by atoms with Crippen molar-refractivity contribution in [3.05, 3.63) is 53.8 Å². The number of carbonyl (C=O) groups is 2. The van der Waals surface area contributed by atoms with Crippen molar-refractivity contribution in [2.75, 3.05) is 23.9 Å². The normalized spacial score (nSPS) is 15.6. The molecule has 0 radical (unpaired) electrons. The molecule has 1 amide bonds. The number of methoxy groups -OCH3 is 1. The number of halogens is 4. The molecule has 35 heavy (non-hydrogen) atoms. The summed E-state index contributed by atoms with van der Waals surface area (Å²) in [6.07, 6.45) is -6.32. The van der Waals surface area contributed by atoms with Gasteiger partial charge in [-0.25, -0.2) is 9.18 Å². The van der Waals surface area contributed by atoms with Crippen molar-refractivity contribution < 1.29 is 41.4 Å². The maximum Gasteiger partial charge on any atom is 0.427 e. The molecule has 0 aliphatic carbocycles. The average molecular weight is 498 g/mol. The van der Waals surface area contributed by atoms with E-state index < -0.39 is 35.8 Å². The lowest BCUT2D eigenvalue weighted by Crippen LogP contribution is -2.44. The number of nitrogens with one attached hydrogen (secondary N) is 1. The summed E-state index contributed by atoms with van der Waals surface area (Å²) in [6.45, 7) is 2.08. The van der Waals surface area contributed by atoms with E-state index in [4.69, 9.17) is 4.74 Å². The van der Waals surface area contributed by atoms with Crippen LogP contribution in [0.5, 0.6) is 5.75 Å². The molecule has 1 atom stereocenters. The molecule has 11 heteroatoms. The minimum absolute atomic E-state index is 0.0811. The third-order valence-corrected chi connectivity index (χ3v) is 5.46. The summed E-state index contributed by atoms with van der Waals surface area (Å²) < 4.78 is 69.1. The van der Waals surface area contributed by atoms with Crippen molar-refractivity contribution in [2.24, 2.45) is 0 Å². The van der Waals surface area contributed by atoms with Crippen molar-refractivity contribution >= 4 is 23.4 Å². The molecule has 0 saturated carbocycles. The molecule has 0 bridgehead atoms. The van der Waals surface area contributed by atoms with E-state index in [0.29, 0.717) is 32.6 Å². The summed E-state index contributed by atoms with van der Waals surface area (Å²) in [5.74, 6) is -1.33. The van der Waals surface area contributed by atoms with Gasteiger partial charge >= 0.3 is 18.2 Å². The topological polar surface area (TPSA) is 77.1 Å². The maximum absolute atomic E-state index is 15.0. The van der Waals surface area contributed by atoms with Crippen LogP contribution in [0, 0.1) is 5.82 Å². The first-order valence-corrected chi connectivity index (χ1v) is 10.8. The van der Waals surface area contributed by atoms with Crippen LogP contribution in [0.25, 0.3) is 0 Å². The Balaban J connectivity index is 1.86. The van der Waals surface area contributed by atoms with Crippen LogP contribution in [0.3, 0.4) is 0 Å². The molecule has 0 saturated heterocycles. The van der Waals surface area contributed by atoms with Crippen LogP contribution in [0.15, 0.2) is 42.5 Å². The van der Waals surface area contributed by atoms with E-state index in [2.05, 4.69) is 14.8 Å². The minimum atomic E-state index is -4.79. The highest BCUT2D eigenvalue weighted by Gasteiger charge is 2.51. The van der Waals surface area contributed by atoms with Crippen molar-refractivity contribution in [3.8, 4) is 5.75 Å². The lowest BCUT2D eigenvalue weighted by Gasteiger charge is -2.37. The molecule has 190 valence electrons. The minimum Gasteiger partial charge on any atom is -0.483 e. The molecule has 0 fully saturated rings. The van der Waals surface area contributed by atoms with Gasteiger partial charge in [-0.15, -0.1) is 0 Å². The summed E-state index contributed by atoms with van der Waals surface area (Å²) in [7, 11) is 1.27. The Hall–Kier alpha value is -3.50. The first-order chi connectivity index (χ1) is 16.4. The summed E-state index contributed by atoms with van der Waals surface area (Å²) in [6, 6.07) is 11.7.